The lowest BCUT2D eigenvalue weighted by Crippen LogP contribution is -2.56. The maximum atomic E-state index is 11.5. The van der Waals surface area contributed by atoms with E-state index in [0.717, 1.165) is 19.5 Å². The van der Waals surface area contributed by atoms with E-state index >= 15 is 0 Å². The van der Waals surface area contributed by atoms with Crippen LogP contribution >= 0.6 is 0 Å². The number of aromatic nitrogens is 1. The van der Waals surface area contributed by atoms with Gasteiger partial charge in [-0.1, -0.05) is 18.2 Å². The summed E-state index contributed by atoms with van der Waals surface area (Å²) in [5.74, 6) is -0.140. The molecule has 3 heterocycles. The van der Waals surface area contributed by atoms with E-state index in [1.54, 1.807) is 17.7 Å². The quantitative estimate of drug-likeness (QED) is 0.475. The maximum absolute atomic E-state index is 11.5. The molecule has 4 fully saturated rings. The molecule has 2 aliphatic carbocycles. The molecule has 0 bridgehead atoms. The number of aryl methyl sites for hydroxylation is 1. The lowest BCUT2D eigenvalue weighted by Gasteiger charge is -2.50. The highest BCUT2D eigenvalue weighted by Crippen LogP contribution is 2.54. The number of hydrogen-bond acceptors (Lipinski definition) is 3. The van der Waals surface area contributed by atoms with Crippen LogP contribution in [0, 0.1) is 12.3 Å². The number of aromatic amines is 1. The summed E-state index contributed by atoms with van der Waals surface area (Å²) >= 11 is 0. The van der Waals surface area contributed by atoms with Crippen LogP contribution in [0.5, 0.6) is 0 Å². The van der Waals surface area contributed by atoms with Crippen LogP contribution in [0.3, 0.4) is 0 Å². The van der Waals surface area contributed by atoms with Gasteiger partial charge in [-0.05, 0) is 97.2 Å². The zero-order valence-electron chi connectivity index (χ0n) is 20.6. The largest absolute Gasteiger partial charge is 0.478 e. The maximum Gasteiger partial charge on any atom is 0.335 e. The van der Waals surface area contributed by atoms with Crippen molar-refractivity contribution in [1.82, 2.24) is 14.8 Å². The monoisotopic (exact) mass is 469 g/mol. The van der Waals surface area contributed by atoms with Gasteiger partial charge in [0.15, 0.2) is 0 Å². The number of likely N-dealkylation sites (tertiary alicyclic amines) is 2. The van der Waals surface area contributed by atoms with Crippen LogP contribution in [0.4, 0.5) is 0 Å². The van der Waals surface area contributed by atoms with Crippen molar-refractivity contribution in [3.63, 3.8) is 0 Å². The molecule has 182 valence electrons. The van der Waals surface area contributed by atoms with E-state index in [1.165, 1.54) is 72.8 Å². The number of benzene rings is 2. The van der Waals surface area contributed by atoms with Gasteiger partial charge in [0, 0.05) is 55.4 Å². The van der Waals surface area contributed by atoms with Crippen molar-refractivity contribution >= 4 is 16.9 Å². The average molecular weight is 470 g/mol. The molecule has 2 aliphatic heterocycles. The summed E-state index contributed by atoms with van der Waals surface area (Å²) in [5, 5.41) is 10.8. The average Bonchev–Trinajstić information content (AvgIpc) is 3.77. The molecule has 0 amide bonds. The number of nitrogens with one attached hydrogen (secondary N) is 1. The third-order valence-corrected chi connectivity index (χ3v) is 9.34. The molecule has 2 N–H and O–H groups in total. The van der Waals surface area contributed by atoms with Crippen LogP contribution in [0.2, 0.25) is 0 Å². The topological polar surface area (TPSA) is 59.6 Å². The number of carboxylic acids is 1. The van der Waals surface area contributed by atoms with Gasteiger partial charge in [-0.25, -0.2) is 4.79 Å². The van der Waals surface area contributed by atoms with Crippen molar-refractivity contribution in [2.45, 2.75) is 70.0 Å². The van der Waals surface area contributed by atoms with Crippen molar-refractivity contribution in [2.75, 3.05) is 19.6 Å². The molecule has 2 atom stereocenters. The lowest BCUT2D eigenvalue weighted by atomic mass is 9.85. The fourth-order valence-corrected chi connectivity index (χ4v) is 6.91. The van der Waals surface area contributed by atoms with Gasteiger partial charge >= 0.3 is 5.97 Å². The highest BCUT2D eigenvalue weighted by molar-refractivity contribution is 5.88. The molecule has 35 heavy (non-hydrogen) atoms. The molecule has 2 saturated carbocycles. The number of H-pyrrole nitrogens is 1. The van der Waals surface area contributed by atoms with Crippen molar-refractivity contribution in [2.24, 2.45) is 5.41 Å². The molecule has 5 heteroatoms. The van der Waals surface area contributed by atoms with Gasteiger partial charge in [-0.2, -0.15) is 0 Å². The molecule has 4 aliphatic rings. The van der Waals surface area contributed by atoms with E-state index in [0.29, 0.717) is 29.0 Å². The third-order valence-electron chi connectivity index (χ3n) is 9.34. The number of rotatable bonds is 6. The highest BCUT2D eigenvalue weighted by Gasteiger charge is 2.54. The molecule has 0 unspecified atom stereocenters. The minimum atomic E-state index is -0.853. The molecule has 7 rings (SSSR count). The SMILES string of the molecule is Cc1cc(C2CC2)c(CN2CC[C@@H](N3CC4(CC4)C3)C[C@@H]2c2ccc(C(=O)O)cc2)c2cc[nH]c12. The minimum Gasteiger partial charge on any atom is -0.478 e. The van der Waals surface area contributed by atoms with E-state index in [4.69, 9.17) is 0 Å². The summed E-state index contributed by atoms with van der Waals surface area (Å²) in [6, 6.07) is 13.3. The first-order valence-corrected chi connectivity index (χ1v) is 13.4. The number of piperidine rings is 1. The van der Waals surface area contributed by atoms with E-state index < -0.39 is 5.97 Å². The van der Waals surface area contributed by atoms with Crippen LogP contribution in [-0.4, -0.2) is 51.5 Å². The number of fused-ring (bicyclic) bond motifs is 1. The summed E-state index contributed by atoms with van der Waals surface area (Å²) in [5.41, 5.74) is 7.98. The standard InChI is InChI=1S/C30H35N3O2/c1-19-14-25(20-2-3-20)26(24-8-12-31-28(19)24)16-32-13-9-23(33-17-30(18-33)10-11-30)15-27(32)21-4-6-22(7-5-21)29(34)35/h4-8,12,14,20,23,27,31H,2-3,9-11,13,15-18H2,1H3,(H,34,35)/t23-,27-/m1/s1. The minimum absolute atomic E-state index is 0.315. The summed E-state index contributed by atoms with van der Waals surface area (Å²) in [7, 11) is 0. The van der Waals surface area contributed by atoms with Crippen LogP contribution in [-0.2, 0) is 6.54 Å². The first kappa shape index (κ1) is 21.6. The Morgan fingerprint density at radius 1 is 1.11 bits per heavy atom. The van der Waals surface area contributed by atoms with E-state index in [-0.39, 0.29) is 0 Å². The van der Waals surface area contributed by atoms with Crippen molar-refractivity contribution < 1.29 is 9.90 Å². The number of hydrogen-bond donors (Lipinski definition) is 2. The number of carboxylic acid groups (broad SMARTS) is 1. The molecule has 2 saturated heterocycles. The molecule has 0 radical (unpaired) electrons. The predicted octanol–water partition coefficient (Wildman–Crippen LogP) is 5.85. The van der Waals surface area contributed by atoms with Crippen LogP contribution in [0.15, 0.2) is 42.6 Å². The van der Waals surface area contributed by atoms with E-state index in [1.807, 2.05) is 0 Å². The Kier molecular flexibility index (Phi) is 4.91. The number of nitrogens with zero attached hydrogens (tertiary/aromatic N) is 2. The molecular formula is C30H35N3O2. The van der Waals surface area contributed by atoms with Crippen LogP contribution in [0.1, 0.15) is 83.1 Å². The van der Waals surface area contributed by atoms with Crippen molar-refractivity contribution in [3.05, 3.63) is 70.4 Å². The highest BCUT2D eigenvalue weighted by atomic mass is 16.4. The van der Waals surface area contributed by atoms with Gasteiger partial charge < -0.3 is 10.1 Å². The van der Waals surface area contributed by atoms with Gasteiger partial charge in [-0.15, -0.1) is 0 Å². The number of aromatic carboxylic acids is 1. The third kappa shape index (κ3) is 3.80. The Morgan fingerprint density at radius 3 is 2.57 bits per heavy atom. The van der Waals surface area contributed by atoms with Gasteiger partial charge in [0.2, 0.25) is 0 Å². The lowest BCUT2D eigenvalue weighted by molar-refractivity contribution is -0.0130. The Bertz CT molecular complexity index is 1280. The second-order valence-corrected chi connectivity index (χ2v) is 11.8. The first-order valence-electron chi connectivity index (χ1n) is 13.4. The fraction of sp³-hybridized carbons (Fsp3) is 0.500. The zero-order chi connectivity index (χ0) is 23.7. The van der Waals surface area contributed by atoms with Crippen LogP contribution < -0.4 is 0 Å². The summed E-state index contributed by atoms with van der Waals surface area (Å²) < 4.78 is 0. The summed E-state index contributed by atoms with van der Waals surface area (Å²) in [6.45, 7) is 6.85. The number of carbonyl (C=O) groups is 1. The molecule has 1 spiro atoms. The summed E-state index contributed by atoms with van der Waals surface area (Å²) in [4.78, 5) is 20.4. The molecule has 1 aromatic heterocycles. The fourth-order valence-electron chi connectivity index (χ4n) is 6.91. The van der Waals surface area contributed by atoms with Crippen molar-refractivity contribution in [1.29, 1.82) is 0 Å². The Balaban J connectivity index is 1.21. The second kappa shape index (κ2) is 7.94. The van der Waals surface area contributed by atoms with E-state index in [9.17, 15) is 9.90 Å². The van der Waals surface area contributed by atoms with E-state index in [2.05, 4.69) is 52.2 Å². The molecular weight excluding hydrogens is 434 g/mol. The normalized spacial score (nSPS) is 26.2. The first-order chi connectivity index (χ1) is 17.0. The van der Waals surface area contributed by atoms with Gasteiger partial charge in [0.1, 0.15) is 0 Å². The zero-order valence-corrected chi connectivity index (χ0v) is 20.6. The predicted molar refractivity (Wildman–Crippen MR) is 138 cm³/mol. The Labute approximate surface area is 207 Å². The smallest absolute Gasteiger partial charge is 0.335 e. The van der Waals surface area contributed by atoms with Crippen LogP contribution in [0.25, 0.3) is 10.9 Å². The van der Waals surface area contributed by atoms with Gasteiger partial charge in [0.05, 0.1) is 5.56 Å². The Hall–Kier alpha value is -2.63. The molecule has 5 nitrogen and oxygen atoms in total. The molecule has 2 aromatic carbocycles. The van der Waals surface area contributed by atoms with Gasteiger partial charge in [0.25, 0.3) is 0 Å². The Morgan fingerprint density at radius 2 is 1.89 bits per heavy atom. The van der Waals surface area contributed by atoms with Gasteiger partial charge in [-0.3, -0.25) is 9.80 Å². The molecule has 3 aromatic rings. The second-order valence-electron chi connectivity index (χ2n) is 11.8. The van der Waals surface area contributed by atoms with Crippen molar-refractivity contribution in [3.8, 4) is 0 Å². The summed E-state index contributed by atoms with van der Waals surface area (Å²) in [6.07, 6.45) is 9.90.